The number of thiazole rings is 1. The number of nitrogens with one attached hydrogen (secondary N) is 2. The number of anilines is 1. The SMILES string of the molecule is C=CCn1c(SCC(=O)Nc2nc(C)c(C)s2)nnc1[C@H](NC(=O)c1ccccc1)C(C)C. The van der Waals surface area contributed by atoms with Gasteiger partial charge in [-0.25, -0.2) is 4.98 Å². The molecule has 1 atom stereocenters. The van der Waals surface area contributed by atoms with E-state index >= 15 is 0 Å². The zero-order valence-corrected chi connectivity index (χ0v) is 20.8. The molecule has 10 heteroatoms. The number of benzene rings is 1. The summed E-state index contributed by atoms with van der Waals surface area (Å²) in [5, 5.41) is 15.8. The van der Waals surface area contributed by atoms with Crippen molar-refractivity contribution < 1.29 is 9.59 Å². The van der Waals surface area contributed by atoms with Gasteiger partial charge in [-0.15, -0.1) is 28.1 Å². The number of aromatic nitrogens is 4. The van der Waals surface area contributed by atoms with Gasteiger partial charge in [0.15, 0.2) is 16.1 Å². The lowest BCUT2D eigenvalue weighted by Gasteiger charge is -2.22. The first-order valence-corrected chi connectivity index (χ1v) is 12.4. The van der Waals surface area contributed by atoms with Crippen molar-refractivity contribution in [1.29, 1.82) is 0 Å². The molecule has 0 aliphatic rings. The summed E-state index contributed by atoms with van der Waals surface area (Å²) in [4.78, 5) is 30.6. The lowest BCUT2D eigenvalue weighted by molar-refractivity contribution is -0.113. The van der Waals surface area contributed by atoms with E-state index in [1.807, 2.05) is 50.5 Å². The summed E-state index contributed by atoms with van der Waals surface area (Å²) in [6.07, 6.45) is 1.74. The maximum absolute atomic E-state index is 12.8. The van der Waals surface area contributed by atoms with Crippen LogP contribution in [-0.4, -0.2) is 37.3 Å². The van der Waals surface area contributed by atoms with Gasteiger partial charge in [-0.05, 0) is 31.9 Å². The molecular formula is C23H28N6O2S2. The van der Waals surface area contributed by atoms with E-state index in [-0.39, 0.29) is 29.5 Å². The van der Waals surface area contributed by atoms with Gasteiger partial charge in [0.25, 0.3) is 5.91 Å². The van der Waals surface area contributed by atoms with Crippen molar-refractivity contribution in [3.63, 3.8) is 0 Å². The standard InChI is InChI=1S/C23H28N6O2S2/c1-6-12-29-20(19(14(2)3)26-21(31)17-10-8-7-9-11-17)27-28-23(29)32-13-18(30)25-22-24-15(4)16(5)33-22/h6-11,14,19H,1,12-13H2,2-5H3,(H,26,31)(H,24,25,30)/t19-/m1/s1. The van der Waals surface area contributed by atoms with E-state index in [9.17, 15) is 9.59 Å². The Labute approximate surface area is 201 Å². The molecule has 0 saturated carbocycles. The van der Waals surface area contributed by atoms with Crippen molar-refractivity contribution in [2.45, 2.75) is 45.4 Å². The third-order valence-corrected chi connectivity index (χ3v) is 6.89. The Morgan fingerprint density at radius 1 is 1.21 bits per heavy atom. The highest BCUT2D eigenvalue weighted by molar-refractivity contribution is 7.99. The van der Waals surface area contributed by atoms with Gasteiger partial charge in [-0.1, -0.05) is 49.9 Å². The number of amides is 2. The highest BCUT2D eigenvalue weighted by Gasteiger charge is 2.26. The van der Waals surface area contributed by atoms with E-state index < -0.39 is 0 Å². The van der Waals surface area contributed by atoms with Gasteiger partial charge in [0, 0.05) is 17.0 Å². The normalized spacial score (nSPS) is 11.9. The number of hydrogen-bond acceptors (Lipinski definition) is 7. The zero-order chi connectivity index (χ0) is 24.0. The molecule has 1 aromatic carbocycles. The lowest BCUT2D eigenvalue weighted by Crippen LogP contribution is -2.33. The lowest BCUT2D eigenvalue weighted by atomic mass is 10.0. The van der Waals surface area contributed by atoms with Gasteiger partial charge in [0.2, 0.25) is 5.91 Å². The number of allylic oxidation sites excluding steroid dienone is 1. The Hall–Kier alpha value is -2.98. The fraction of sp³-hybridized carbons (Fsp3) is 0.348. The number of thioether (sulfide) groups is 1. The van der Waals surface area contributed by atoms with E-state index in [1.54, 1.807) is 18.2 Å². The summed E-state index contributed by atoms with van der Waals surface area (Å²) < 4.78 is 1.89. The zero-order valence-electron chi connectivity index (χ0n) is 19.2. The van der Waals surface area contributed by atoms with Crippen LogP contribution in [-0.2, 0) is 11.3 Å². The summed E-state index contributed by atoms with van der Waals surface area (Å²) in [5.74, 6) is 0.521. The highest BCUT2D eigenvalue weighted by atomic mass is 32.2. The largest absolute Gasteiger partial charge is 0.342 e. The van der Waals surface area contributed by atoms with Crippen LogP contribution in [0.25, 0.3) is 0 Å². The Kier molecular flexibility index (Phi) is 8.40. The predicted octanol–water partition coefficient (Wildman–Crippen LogP) is 4.40. The van der Waals surface area contributed by atoms with E-state index in [1.165, 1.54) is 23.1 Å². The molecular weight excluding hydrogens is 456 g/mol. The monoisotopic (exact) mass is 484 g/mol. The van der Waals surface area contributed by atoms with Crippen LogP contribution in [0.2, 0.25) is 0 Å². The van der Waals surface area contributed by atoms with Gasteiger partial charge in [0.1, 0.15) is 0 Å². The van der Waals surface area contributed by atoms with Crippen LogP contribution in [0, 0.1) is 19.8 Å². The molecule has 3 rings (SSSR count). The second kappa shape index (κ2) is 11.2. The van der Waals surface area contributed by atoms with Crippen molar-refractivity contribution in [3.05, 3.63) is 64.9 Å². The molecule has 0 unspecified atom stereocenters. The quantitative estimate of drug-likeness (QED) is 0.327. The molecule has 0 aliphatic heterocycles. The molecule has 2 amide bonds. The van der Waals surface area contributed by atoms with Crippen molar-refractivity contribution in [3.8, 4) is 0 Å². The molecule has 33 heavy (non-hydrogen) atoms. The second-order valence-electron chi connectivity index (χ2n) is 7.80. The highest BCUT2D eigenvalue weighted by Crippen LogP contribution is 2.26. The van der Waals surface area contributed by atoms with Crippen molar-refractivity contribution in [1.82, 2.24) is 25.1 Å². The van der Waals surface area contributed by atoms with Crippen molar-refractivity contribution in [2.75, 3.05) is 11.1 Å². The first kappa shape index (κ1) is 24.7. The molecule has 0 saturated heterocycles. The van der Waals surface area contributed by atoms with E-state index in [0.717, 1.165) is 10.6 Å². The third-order valence-electron chi connectivity index (χ3n) is 4.93. The second-order valence-corrected chi connectivity index (χ2v) is 9.94. The molecule has 0 aliphatic carbocycles. The van der Waals surface area contributed by atoms with Gasteiger partial charge < -0.3 is 15.2 Å². The van der Waals surface area contributed by atoms with Crippen LogP contribution in [0.4, 0.5) is 5.13 Å². The van der Waals surface area contributed by atoms with Crippen LogP contribution < -0.4 is 10.6 Å². The maximum Gasteiger partial charge on any atom is 0.251 e. The summed E-state index contributed by atoms with van der Waals surface area (Å²) in [5.41, 5.74) is 1.49. The molecule has 174 valence electrons. The van der Waals surface area contributed by atoms with Crippen molar-refractivity contribution in [2.24, 2.45) is 5.92 Å². The van der Waals surface area contributed by atoms with E-state index in [0.29, 0.717) is 28.2 Å². The summed E-state index contributed by atoms with van der Waals surface area (Å²) in [6, 6.07) is 8.71. The minimum Gasteiger partial charge on any atom is -0.342 e. The summed E-state index contributed by atoms with van der Waals surface area (Å²) in [7, 11) is 0. The molecule has 2 aromatic heterocycles. The van der Waals surface area contributed by atoms with Gasteiger partial charge >= 0.3 is 0 Å². The van der Waals surface area contributed by atoms with Crippen molar-refractivity contribution >= 4 is 40.0 Å². The van der Waals surface area contributed by atoms with Gasteiger partial charge in [0.05, 0.1) is 17.5 Å². The number of rotatable bonds is 10. The van der Waals surface area contributed by atoms with E-state index in [2.05, 4.69) is 32.4 Å². The fourth-order valence-electron chi connectivity index (χ4n) is 3.09. The maximum atomic E-state index is 12.8. The Bertz CT molecular complexity index is 1100. The molecule has 0 bridgehead atoms. The predicted molar refractivity (Wildman–Crippen MR) is 133 cm³/mol. The topological polar surface area (TPSA) is 102 Å². The van der Waals surface area contributed by atoms with Crippen LogP contribution in [0.1, 0.15) is 46.6 Å². The minimum absolute atomic E-state index is 0.0722. The smallest absolute Gasteiger partial charge is 0.251 e. The number of nitrogens with zero attached hydrogens (tertiary/aromatic N) is 4. The first-order valence-electron chi connectivity index (χ1n) is 10.6. The first-order chi connectivity index (χ1) is 15.8. The average Bonchev–Trinajstić information content (AvgIpc) is 3.32. The molecule has 8 nitrogen and oxygen atoms in total. The number of carbonyl (C=O) groups excluding carboxylic acids is 2. The molecule has 0 radical (unpaired) electrons. The minimum atomic E-state index is -0.352. The van der Waals surface area contributed by atoms with Crippen LogP contribution in [0.5, 0.6) is 0 Å². The number of carbonyl (C=O) groups is 2. The molecule has 0 fully saturated rings. The summed E-state index contributed by atoms with van der Waals surface area (Å²) in [6.45, 7) is 12.2. The van der Waals surface area contributed by atoms with Crippen LogP contribution in [0.15, 0.2) is 48.1 Å². The van der Waals surface area contributed by atoms with Crippen LogP contribution >= 0.6 is 23.1 Å². The number of hydrogen-bond donors (Lipinski definition) is 2. The summed E-state index contributed by atoms with van der Waals surface area (Å²) >= 11 is 2.74. The molecule has 2 N–H and O–H groups in total. The molecule has 0 spiro atoms. The van der Waals surface area contributed by atoms with Gasteiger partial charge in [-0.2, -0.15) is 0 Å². The van der Waals surface area contributed by atoms with Crippen LogP contribution in [0.3, 0.4) is 0 Å². The Morgan fingerprint density at radius 2 is 1.94 bits per heavy atom. The fourth-order valence-corrected chi connectivity index (χ4v) is 4.68. The van der Waals surface area contributed by atoms with Gasteiger partial charge in [-0.3, -0.25) is 9.59 Å². The number of aryl methyl sites for hydroxylation is 2. The third kappa shape index (κ3) is 6.29. The Balaban J connectivity index is 1.74. The average molecular weight is 485 g/mol. The Morgan fingerprint density at radius 3 is 2.55 bits per heavy atom. The van der Waals surface area contributed by atoms with E-state index in [4.69, 9.17) is 0 Å². The molecule has 3 aromatic rings. The molecule has 2 heterocycles.